The van der Waals surface area contributed by atoms with Crippen LogP contribution < -0.4 is 0 Å². The molecule has 3 N–H and O–H groups in total. The molecule has 0 rings (SSSR count). The van der Waals surface area contributed by atoms with E-state index in [4.69, 9.17) is 0 Å². The molecular weight excluding hydrogens is 524 g/mol. The van der Waals surface area contributed by atoms with Gasteiger partial charge in [0.25, 0.3) is 0 Å². The maximum absolute atomic E-state index is 10.7. The summed E-state index contributed by atoms with van der Waals surface area (Å²) in [5.41, 5.74) is 0. The molecular formula is C25H54F6O3P2. The Labute approximate surface area is 216 Å². The van der Waals surface area contributed by atoms with Crippen molar-refractivity contribution in [1.82, 2.24) is 0 Å². The van der Waals surface area contributed by atoms with Gasteiger partial charge in [-0.3, -0.25) is 0 Å². The van der Waals surface area contributed by atoms with Crippen molar-refractivity contribution >= 4 is 15.1 Å². The zero-order chi connectivity index (χ0) is 28.4. The molecule has 224 valence electrons. The van der Waals surface area contributed by atoms with Gasteiger partial charge in [0, 0.05) is 19.3 Å². The molecule has 0 aromatic heterocycles. The fraction of sp³-hybridized carbons (Fsp3) is 1.00. The summed E-state index contributed by atoms with van der Waals surface area (Å²) in [6, 6.07) is 0. The molecule has 0 saturated carbocycles. The molecule has 3 nitrogen and oxygen atoms in total. The SMILES string of the molecule is CCCCCCCCCCCCCCCC[P+](C(O)CC)(C(O)CC)C(O)CC.F[P-](F)(F)(F)(F)F. The van der Waals surface area contributed by atoms with Crippen molar-refractivity contribution in [2.75, 3.05) is 6.16 Å². The quantitative estimate of drug-likeness (QED) is 0.0721. The first-order valence-electron chi connectivity index (χ1n) is 13.9. The third-order valence-electron chi connectivity index (χ3n) is 6.66. The summed E-state index contributed by atoms with van der Waals surface area (Å²) in [7, 11) is -12.8. The van der Waals surface area contributed by atoms with Crippen LogP contribution in [0.15, 0.2) is 0 Å². The Morgan fingerprint density at radius 3 is 0.917 bits per heavy atom. The van der Waals surface area contributed by atoms with Crippen molar-refractivity contribution in [2.24, 2.45) is 0 Å². The van der Waals surface area contributed by atoms with Crippen LogP contribution in [0.4, 0.5) is 25.2 Å². The normalized spacial score (nSPS) is 18.2. The Morgan fingerprint density at radius 2 is 0.694 bits per heavy atom. The minimum atomic E-state index is -10.7. The summed E-state index contributed by atoms with van der Waals surface area (Å²) in [5.74, 6) is -1.60. The molecule has 0 radical (unpaired) electrons. The van der Waals surface area contributed by atoms with Crippen molar-refractivity contribution in [3.63, 3.8) is 0 Å². The molecule has 36 heavy (non-hydrogen) atoms. The van der Waals surface area contributed by atoms with Crippen LogP contribution in [0.2, 0.25) is 0 Å². The van der Waals surface area contributed by atoms with Gasteiger partial charge in [-0.1, -0.05) is 105 Å². The van der Waals surface area contributed by atoms with Crippen LogP contribution in [0.5, 0.6) is 0 Å². The monoisotopic (exact) mass is 578 g/mol. The van der Waals surface area contributed by atoms with E-state index < -0.39 is 32.6 Å². The van der Waals surface area contributed by atoms with E-state index in [1.165, 1.54) is 77.0 Å². The summed E-state index contributed by atoms with van der Waals surface area (Å²) in [6.45, 7) is 8.18. The van der Waals surface area contributed by atoms with E-state index in [1.54, 1.807) is 0 Å². The summed E-state index contributed by atoms with van der Waals surface area (Å²) in [5, 5.41) is 32.1. The van der Waals surface area contributed by atoms with Crippen molar-refractivity contribution in [3.05, 3.63) is 0 Å². The number of unbranched alkanes of at least 4 members (excludes halogenated alkanes) is 13. The number of aliphatic hydroxyl groups is 3. The second-order valence-electron chi connectivity index (χ2n) is 9.94. The van der Waals surface area contributed by atoms with Crippen LogP contribution in [0.3, 0.4) is 0 Å². The van der Waals surface area contributed by atoms with Crippen molar-refractivity contribution in [1.29, 1.82) is 0 Å². The molecule has 0 aliphatic heterocycles. The number of hydrogen-bond acceptors (Lipinski definition) is 3. The molecule has 3 atom stereocenters. The van der Waals surface area contributed by atoms with E-state index in [0.29, 0.717) is 19.3 Å². The first-order chi connectivity index (χ1) is 16.5. The molecule has 11 heteroatoms. The number of halogens is 6. The number of aliphatic hydroxyl groups excluding tert-OH is 3. The zero-order valence-corrected chi connectivity index (χ0v) is 24.8. The van der Waals surface area contributed by atoms with Crippen LogP contribution >= 0.6 is 15.1 Å². The van der Waals surface area contributed by atoms with E-state index in [-0.39, 0.29) is 0 Å². The van der Waals surface area contributed by atoms with E-state index >= 15 is 0 Å². The van der Waals surface area contributed by atoms with Gasteiger partial charge >= 0.3 is 33.0 Å². The summed E-state index contributed by atoms with van der Waals surface area (Å²) in [4.78, 5) is 0. The van der Waals surface area contributed by atoms with Crippen molar-refractivity contribution in [3.8, 4) is 0 Å². The van der Waals surface area contributed by atoms with Gasteiger partial charge in [-0.15, -0.1) is 0 Å². The van der Waals surface area contributed by atoms with Crippen molar-refractivity contribution in [2.45, 2.75) is 154 Å². The molecule has 0 fully saturated rings. The van der Waals surface area contributed by atoms with E-state index in [0.717, 1.165) is 19.0 Å². The summed E-state index contributed by atoms with van der Waals surface area (Å²) in [6.07, 6.45) is 21.3. The Bertz CT molecular complexity index is 497. The first kappa shape index (κ1) is 38.5. The average molecular weight is 579 g/mol. The first-order valence-corrected chi connectivity index (χ1v) is 18.1. The Balaban J connectivity index is 0. The van der Waals surface area contributed by atoms with Gasteiger partial charge in [0.05, 0.1) is 6.16 Å². The second-order valence-corrected chi connectivity index (χ2v) is 16.1. The number of rotatable bonds is 21. The Morgan fingerprint density at radius 1 is 0.472 bits per heavy atom. The fourth-order valence-corrected chi connectivity index (χ4v) is 9.54. The van der Waals surface area contributed by atoms with Gasteiger partial charge in [-0.2, -0.15) is 0 Å². The van der Waals surface area contributed by atoms with Gasteiger partial charge in [0.15, 0.2) is 17.5 Å². The van der Waals surface area contributed by atoms with Crippen LogP contribution in [-0.4, -0.2) is 39.0 Å². The van der Waals surface area contributed by atoms with Gasteiger partial charge in [-0.25, -0.2) is 0 Å². The molecule has 0 spiro atoms. The minimum absolute atomic E-state index is 0.533. The van der Waals surface area contributed by atoms with Crippen LogP contribution in [0, 0.1) is 0 Å². The van der Waals surface area contributed by atoms with Crippen LogP contribution in [0.25, 0.3) is 0 Å². The standard InChI is InChI=1S/C25H54O3P.F6P/c1-5-9-10-11-12-13-14-15-16-17-18-19-20-21-22-29(23(26)6-2,24(27)7-3)25(28)8-4;1-7(2,3,4,5)6/h23-28H,5-22H2,1-4H3;/q+1;-1. The van der Waals surface area contributed by atoms with Crippen molar-refractivity contribution < 1.29 is 40.5 Å². The Kier molecular flexibility index (Phi) is 19.0. The van der Waals surface area contributed by atoms with Gasteiger partial charge in [0.2, 0.25) is 0 Å². The fourth-order valence-electron chi connectivity index (χ4n) is 4.64. The molecule has 0 aromatic carbocycles. The van der Waals surface area contributed by atoms with Gasteiger partial charge < -0.3 is 15.3 Å². The summed E-state index contributed by atoms with van der Waals surface area (Å²) < 4.78 is 59.2. The van der Waals surface area contributed by atoms with E-state index in [1.807, 2.05) is 20.8 Å². The maximum atomic E-state index is 10.7. The Hall–Kier alpha value is 0.320. The topological polar surface area (TPSA) is 60.7 Å². The molecule has 0 aromatic rings. The molecule has 0 aliphatic carbocycles. The molecule has 3 unspecified atom stereocenters. The molecule has 0 aliphatic rings. The third-order valence-corrected chi connectivity index (χ3v) is 12.2. The molecule has 0 amide bonds. The van der Waals surface area contributed by atoms with E-state index in [9.17, 15) is 40.5 Å². The third kappa shape index (κ3) is 22.3. The molecule has 0 heterocycles. The predicted molar refractivity (Wildman–Crippen MR) is 145 cm³/mol. The van der Waals surface area contributed by atoms with Gasteiger partial charge in [0.1, 0.15) is 7.26 Å². The molecule has 0 saturated heterocycles. The van der Waals surface area contributed by atoms with Gasteiger partial charge in [-0.05, 0) is 12.8 Å². The molecule has 0 bridgehead atoms. The van der Waals surface area contributed by atoms with Crippen LogP contribution in [-0.2, 0) is 0 Å². The summed E-state index contributed by atoms with van der Waals surface area (Å²) >= 11 is 0. The second kappa shape index (κ2) is 17.8. The van der Waals surface area contributed by atoms with E-state index in [2.05, 4.69) is 6.92 Å². The number of hydrogen-bond donors (Lipinski definition) is 3. The zero-order valence-electron chi connectivity index (χ0n) is 23.0. The average Bonchev–Trinajstić information content (AvgIpc) is 2.78. The predicted octanol–water partition coefficient (Wildman–Crippen LogP) is 11.1. The van der Waals surface area contributed by atoms with Crippen LogP contribution in [0.1, 0.15) is 137 Å².